The lowest BCUT2D eigenvalue weighted by Crippen LogP contribution is -2.58. The van der Waals surface area contributed by atoms with Gasteiger partial charge in [-0.1, -0.05) is 23.7 Å². The summed E-state index contributed by atoms with van der Waals surface area (Å²) in [5.74, 6) is 2.63. The largest absolute Gasteiger partial charge is 0.366 e. The average molecular weight is 549 g/mol. The van der Waals surface area contributed by atoms with Gasteiger partial charge in [0.1, 0.15) is 12.3 Å². The molecule has 1 aliphatic heterocycles. The van der Waals surface area contributed by atoms with Gasteiger partial charge >= 0.3 is 0 Å². The lowest BCUT2D eigenvalue weighted by atomic mass is 9.49. The number of benzene rings is 1. The molecule has 194 valence electrons. The van der Waals surface area contributed by atoms with E-state index >= 15 is 0 Å². The van der Waals surface area contributed by atoms with Crippen LogP contribution in [-0.4, -0.2) is 36.3 Å². The number of primary amides is 1. The summed E-state index contributed by atoms with van der Waals surface area (Å²) in [6.45, 7) is 3.29. The molecule has 2 heterocycles. The van der Waals surface area contributed by atoms with Crippen LogP contribution in [0.1, 0.15) is 69.8 Å². The van der Waals surface area contributed by atoms with Crippen LogP contribution in [0.4, 0.5) is 0 Å². The van der Waals surface area contributed by atoms with Gasteiger partial charge in [-0.05, 0) is 79.5 Å². The molecule has 2 N–H and O–H groups in total. The third kappa shape index (κ3) is 5.01. The monoisotopic (exact) mass is 547 g/mol. The zero-order valence-corrected chi connectivity index (χ0v) is 23.5. The number of nitrogens with zero attached hydrogens (tertiary/aromatic N) is 1. The number of hydrogen-bond acceptors (Lipinski definition) is 3. The molecule has 1 aromatic carbocycles. The summed E-state index contributed by atoms with van der Waals surface area (Å²) < 4.78 is 1.07. The molecule has 7 rings (SSSR count). The number of likely N-dealkylation sites (N-methyl/N-ethyl adjacent to an activating group) is 1. The van der Waals surface area contributed by atoms with Gasteiger partial charge in [-0.3, -0.25) is 9.59 Å². The van der Waals surface area contributed by atoms with Gasteiger partial charge in [-0.15, -0.1) is 23.7 Å². The number of carbonyl (C=O) groups is 2. The molecule has 4 nitrogen and oxygen atoms in total. The Morgan fingerprint density at radius 2 is 1.67 bits per heavy atom. The smallest absolute Gasteiger partial charge is 0.250 e. The van der Waals surface area contributed by atoms with Crippen molar-refractivity contribution < 1.29 is 14.1 Å². The zero-order chi connectivity index (χ0) is 24.4. The summed E-state index contributed by atoms with van der Waals surface area (Å²) >= 11 is 7.65. The van der Waals surface area contributed by atoms with E-state index in [-0.39, 0.29) is 30.5 Å². The number of hydrogen-bond donors (Lipinski definition) is 1. The lowest BCUT2D eigenvalue weighted by Gasteiger charge is -2.58. The van der Waals surface area contributed by atoms with E-state index in [1.165, 1.54) is 49.9 Å². The Balaban J connectivity index is 0.00000267. The number of nitrogens with two attached hydrogens (primary N) is 1. The normalized spacial score (nSPS) is 32.1. The van der Waals surface area contributed by atoms with Crippen molar-refractivity contribution >= 4 is 47.0 Å². The van der Waals surface area contributed by atoms with Crippen LogP contribution in [0.3, 0.4) is 0 Å². The molecule has 0 spiro atoms. The predicted molar refractivity (Wildman–Crippen MR) is 148 cm³/mol. The second kappa shape index (κ2) is 9.72. The molecule has 36 heavy (non-hydrogen) atoms. The molecular weight excluding hydrogens is 511 g/mol. The van der Waals surface area contributed by atoms with E-state index in [9.17, 15) is 9.59 Å². The van der Waals surface area contributed by atoms with Crippen molar-refractivity contribution in [2.75, 3.05) is 20.1 Å². The van der Waals surface area contributed by atoms with Crippen LogP contribution in [0.5, 0.6) is 0 Å². The van der Waals surface area contributed by atoms with Crippen molar-refractivity contribution in [3.63, 3.8) is 0 Å². The maximum absolute atomic E-state index is 12.9. The van der Waals surface area contributed by atoms with Gasteiger partial charge in [-0.25, -0.2) is 0 Å². The van der Waals surface area contributed by atoms with Crippen LogP contribution in [0.25, 0.3) is 0 Å². The molecule has 1 aromatic heterocycles. The van der Waals surface area contributed by atoms with E-state index in [4.69, 9.17) is 17.3 Å². The van der Waals surface area contributed by atoms with E-state index in [1.54, 1.807) is 11.3 Å². The number of rotatable bonds is 7. The van der Waals surface area contributed by atoms with Gasteiger partial charge < -0.3 is 10.2 Å². The minimum atomic E-state index is -0.381. The number of ketones is 1. The Bertz CT molecular complexity index is 1140. The highest BCUT2D eigenvalue weighted by atomic mass is 35.5. The second-order valence-electron chi connectivity index (χ2n) is 12.5. The standard InChI is InChI=1S/C29H35ClN2O2S.ClH/c1-32(17-29-13-19-8-20(14-29)10-21(9-19)15-29)7-6-24-26(16-32)35-25(27(24)28(31)34)12-23(33)11-18-2-4-22(30)5-3-18;/h2-5,19-21H,6-17H2,1H3,(H-,31,34);1H/p+1. The maximum atomic E-state index is 12.9. The number of thiophene rings is 1. The van der Waals surface area contributed by atoms with Crippen molar-refractivity contribution in [3.05, 3.63) is 55.7 Å². The van der Waals surface area contributed by atoms with Crippen LogP contribution in [0.15, 0.2) is 24.3 Å². The molecule has 2 aromatic rings. The summed E-state index contributed by atoms with van der Waals surface area (Å²) in [5.41, 5.74) is 9.10. The fourth-order valence-corrected chi connectivity index (χ4v) is 10.4. The van der Waals surface area contributed by atoms with Gasteiger partial charge in [0, 0.05) is 34.6 Å². The molecule has 4 bridgehead atoms. The van der Waals surface area contributed by atoms with Crippen LogP contribution >= 0.6 is 35.3 Å². The molecule has 0 saturated heterocycles. The molecular formula is C29H37Cl2N2O2S+. The molecule has 1 amide bonds. The Kier molecular flexibility index (Phi) is 7.08. The van der Waals surface area contributed by atoms with Crippen LogP contribution < -0.4 is 5.73 Å². The number of amides is 1. The summed E-state index contributed by atoms with van der Waals surface area (Å²) in [5, 5.41) is 0.665. The third-order valence-corrected chi connectivity index (χ3v) is 10.9. The third-order valence-electron chi connectivity index (χ3n) is 9.39. The number of quaternary nitrogens is 1. The summed E-state index contributed by atoms with van der Waals surface area (Å²) in [6, 6.07) is 7.40. The van der Waals surface area contributed by atoms with E-state index < -0.39 is 0 Å². The lowest BCUT2D eigenvalue weighted by molar-refractivity contribution is -0.931. The van der Waals surface area contributed by atoms with Gasteiger partial charge in [0.2, 0.25) is 5.91 Å². The van der Waals surface area contributed by atoms with E-state index in [0.29, 0.717) is 22.4 Å². The summed E-state index contributed by atoms with van der Waals surface area (Å²) in [7, 11) is 2.43. The predicted octanol–water partition coefficient (Wildman–Crippen LogP) is 6.00. The molecule has 4 saturated carbocycles. The highest BCUT2D eigenvalue weighted by Gasteiger charge is 2.54. The fourth-order valence-electron chi connectivity index (χ4n) is 8.68. The van der Waals surface area contributed by atoms with Gasteiger partial charge in [-0.2, -0.15) is 0 Å². The summed E-state index contributed by atoms with van der Waals surface area (Å²) in [4.78, 5) is 27.6. The van der Waals surface area contributed by atoms with Crippen molar-refractivity contribution in [1.82, 2.24) is 0 Å². The first-order valence-corrected chi connectivity index (χ1v) is 14.4. The average Bonchev–Trinajstić information content (AvgIpc) is 3.10. The van der Waals surface area contributed by atoms with E-state index in [1.807, 2.05) is 24.3 Å². The number of halogens is 2. The minimum Gasteiger partial charge on any atom is -0.366 e. The molecule has 5 aliphatic rings. The van der Waals surface area contributed by atoms with Crippen LogP contribution in [0.2, 0.25) is 5.02 Å². The molecule has 4 fully saturated rings. The zero-order valence-electron chi connectivity index (χ0n) is 21.1. The maximum Gasteiger partial charge on any atom is 0.250 e. The van der Waals surface area contributed by atoms with Crippen LogP contribution in [-0.2, 0) is 30.6 Å². The first-order valence-electron chi connectivity index (χ1n) is 13.2. The second-order valence-corrected chi connectivity index (χ2v) is 14.1. The Hall–Kier alpha value is -1.40. The van der Waals surface area contributed by atoms with Crippen molar-refractivity contribution in [1.29, 1.82) is 0 Å². The number of Topliss-reactive ketones (excluding diaryl/α,β-unsaturated/α-hetero) is 1. The van der Waals surface area contributed by atoms with Gasteiger partial charge in [0.25, 0.3) is 0 Å². The topological polar surface area (TPSA) is 60.2 Å². The van der Waals surface area contributed by atoms with Crippen molar-refractivity contribution in [2.45, 2.75) is 64.3 Å². The summed E-state index contributed by atoms with van der Waals surface area (Å²) in [6.07, 6.45) is 10.2. The number of fused-ring (bicyclic) bond motifs is 1. The van der Waals surface area contributed by atoms with Crippen molar-refractivity contribution in [3.8, 4) is 0 Å². The fraction of sp³-hybridized carbons (Fsp3) is 0.586. The Morgan fingerprint density at radius 3 is 2.25 bits per heavy atom. The molecule has 4 aliphatic carbocycles. The highest BCUT2D eigenvalue weighted by molar-refractivity contribution is 7.12. The number of carbonyl (C=O) groups excluding carboxylic acids is 2. The SMILES string of the molecule is C[N+]1(CC23CC4CC(CC(C4)C2)C3)CCc2c(sc(CC(=O)Cc3ccc(Cl)cc3)c2C(N)=O)C1.Cl. The Morgan fingerprint density at radius 1 is 1.06 bits per heavy atom. The molecule has 1 unspecified atom stereocenters. The van der Waals surface area contributed by atoms with Crippen LogP contribution in [0, 0.1) is 23.2 Å². The molecule has 7 heteroatoms. The van der Waals surface area contributed by atoms with E-state index in [2.05, 4.69) is 7.05 Å². The Labute approximate surface area is 229 Å². The highest BCUT2D eigenvalue weighted by Crippen LogP contribution is 2.60. The first-order chi connectivity index (χ1) is 16.7. The van der Waals surface area contributed by atoms with E-state index in [0.717, 1.165) is 57.8 Å². The molecule has 0 radical (unpaired) electrons. The van der Waals surface area contributed by atoms with Crippen molar-refractivity contribution in [2.24, 2.45) is 28.9 Å². The molecule has 1 atom stereocenters. The quantitative estimate of drug-likeness (QED) is 0.432. The first kappa shape index (κ1) is 26.2. The van der Waals surface area contributed by atoms with Gasteiger partial charge in [0.15, 0.2) is 0 Å². The van der Waals surface area contributed by atoms with Gasteiger partial charge in [0.05, 0.1) is 30.6 Å². The minimum absolute atomic E-state index is 0.